The number of benzene rings is 2. The molecule has 3 rings (SSSR count). The summed E-state index contributed by atoms with van der Waals surface area (Å²) in [5.41, 5.74) is 2.70. The molecule has 0 amide bonds. The molecule has 2 aromatic rings. The first-order valence-corrected chi connectivity index (χ1v) is 4.15. The molecule has 2 aromatic carbocycles. The van der Waals surface area contributed by atoms with Crippen molar-refractivity contribution in [3.05, 3.63) is 47.5 Å². The molecular formula is C12H8Ni. The fourth-order valence-electron chi connectivity index (χ4n) is 1.86. The fourth-order valence-corrected chi connectivity index (χ4v) is 1.86. The Balaban J connectivity index is 0.000000653. The normalized spacial score (nSPS) is 11.7. The molecule has 0 nitrogen and oxygen atoms in total. The molecule has 0 fully saturated rings. The van der Waals surface area contributed by atoms with Crippen molar-refractivity contribution in [2.75, 3.05) is 0 Å². The molecule has 0 N–H and O–H groups in total. The molecule has 1 aliphatic rings. The minimum atomic E-state index is 0. The van der Waals surface area contributed by atoms with Gasteiger partial charge in [-0.05, 0) is 21.9 Å². The van der Waals surface area contributed by atoms with Gasteiger partial charge in [0.2, 0.25) is 0 Å². The van der Waals surface area contributed by atoms with Crippen molar-refractivity contribution in [1.29, 1.82) is 0 Å². The molecule has 0 saturated carbocycles. The van der Waals surface area contributed by atoms with Gasteiger partial charge in [0.15, 0.2) is 0 Å². The zero-order valence-corrected chi connectivity index (χ0v) is 7.92. The Morgan fingerprint density at radius 2 is 1.23 bits per heavy atom. The standard InChI is InChI=1S/C12H8.Ni/c1-3-9-4-2-6-11-8-7-10(5-1)12(9)11;/h1-8H;. The van der Waals surface area contributed by atoms with Crippen LogP contribution in [0.1, 0.15) is 11.1 Å². The van der Waals surface area contributed by atoms with Crippen LogP contribution < -0.4 is 0 Å². The third-order valence-electron chi connectivity index (χ3n) is 2.41. The van der Waals surface area contributed by atoms with Crippen molar-refractivity contribution in [2.24, 2.45) is 0 Å². The van der Waals surface area contributed by atoms with Crippen LogP contribution in [0.4, 0.5) is 0 Å². The van der Waals surface area contributed by atoms with Gasteiger partial charge in [-0.15, -0.1) is 0 Å². The maximum absolute atomic E-state index is 2.18. The Hall–Kier alpha value is -1.07. The number of rotatable bonds is 0. The van der Waals surface area contributed by atoms with E-state index in [1.165, 1.54) is 21.9 Å². The number of hydrogen-bond donors (Lipinski definition) is 0. The molecule has 13 heavy (non-hydrogen) atoms. The molecule has 0 unspecified atom stereocenters. The van der Waals surface area contributed by atoms with Crippen LogP contribution >= 0.6 is 0 Å². The molecule has 0 aromatic heterocycles. The van der Waals surface area contributed by atoms with Crippen LogP contribution in [-0.4, -0.2) is 0 Å². The average molecular weight is 211 g/mol. The van der Waals surface area contributed by atoms with Gasteiger partial charge in [-0.25, -0.2) is 0 Å². The largest absolute Gasteiger partial charge is 0.0610 e. The Bertz CT molecular complexity index is 443. The van der Waals surface area contributed by atoms with Crippen molar-refractivity contribution in [3.8, 4) is 0 Å². The van der Waals surface area contributed by atoms with Gasteiger partial charge in [0.25, 0.3) is 0 Å². The van der Waals surface area contributed by atoms with E-state index in [1.807, 2.05) is 0 Å². The number of hydrogen-bond acceptors (Lipinski definition) is 0. The molecule has 1 aliphatic carbocycles. The quantitative estimate of drug-likeness (QED) is 0.500. The first-order valence-electron chi connectivity index (χ1n) is 4.15. The SMILES string of the molecule is C1=Cc2cccc3cccc1c23.[Ni]. The first kappa shape index (κ1) is 8.53. The first-order chi connectivity index (χ1) is 5.95. The van der Waals surface area contributed by atoms with Gasteiger partial charge in [0.05, 0.1) is 0 Å². The summed E-state index contributed by atoms with van der Waals surface area (Å²) in [5, 5.41) is 2.75. The second-order valence-corrected chi connectivity index (χ2v) is 3.13. The van der Waals surface area contributed by atoms with Crippen LogP contribution in [0.15, 0.2) is 36.4 Å². The van der Waals surface area contributed by atoms with Crippen molar-refractivity contribution in [1.82, 2.24) is 0 Å². The third-order valence-corrected chi connectivity index (χ3v) is 2.41. The molecular weight excluding hydrogens is 203 g/mol. The van der Waals surface area contributed by atoms with Gasteiger partial charge >= 0.3 is 0 Å². The summed E-state index contributed by atoms with van der Waals surface area (Å²) in [4.78, 5) is 0. The zero-order valence-electron chi connectivity index (χ0n) is 6.94. The summed E-state index contributed by atoms with van der Waals surface area (Å²) >= 11 is 0. The van der Waals surface area contributed by atoms with Crippen LogP contribution in [0, 0.1) is 0 Å². The van der Waals surface area contributed by atoms with E-state index < -0.39 is 0 Å². The van der Waals surface area contributed by atoms with E-state index in [0.29, 0.717) is 0 Å². The Morgan fingerprint density at radius 3 is 1.77 bits per heavy atom. The van der Waals surface area contributed by atoms with Crippen molar-refractivity contribution in [2.45, 2.75) is 0 Å². The van der Waals surface area contributed by atoms with Gasteiger partial charge < -0.3 is 0 Å². The predicted molar refractivity (Wildman–Crippen MR) is 52.9 cm³/mol. The summed E-state index contributed by atoms with van der Waals surface area (Å²) < 4.78 is 0. The van der Waals surface area contributed by atoms with E-state index in [0.717, 1.165) is 0 Å². The van der Waals surface area contributed by atoms with Crippen LogP contribution in [-0.2, 0) is 16.5 Å². The Labute approximate surface area is 87.2 Å². The van der Waals surface area contributed by atoms with E-state index in [2.05, 4.69) is 48.6 Å². The summed E-state index contributed by atoms with van der Waals surface area (Å²) in [6, 6.07) is 12.9. The van der Waals surface area contributed by atoms with E-state index in [4.69, 9.17) is 0 Å². The molecule has 1 heteroatoms. The molecule has 0 atom stereocenters. The Morgan fingerprint density at radius 1 is 0.692 bits per heavy atom. The second-order valence-electron chi connectivity index (χ2n) is 3.13. The molecule has 66 valence electrons. The van der Waals surface area contributed by atoms with Gasteiger partial charge in [-0.1, -0.05) is 48.6 Å². The van der Waals surface area contributed by atoms with Gasteiger partial charge in [0, 0.05) is 16.5 Å². The molecule has 0 heterocycles. The van der Waals surface area contributed by atoms with Crippen LogP contribution in [0.3, 0.4) is 0 Å². The third kappa shape index (κ3) is 1.12. The Kier molecular flexibility index (Phi) is 1.97. The van der Waals surface area contributed by atoms with Crippen LogP contribution in [0.25, 0.3) is 22.9 Å². The van der Waals surface area contributed by atoms with Crippen molar-refractivity contribution >= 4 is 22.9 Å². The predicted octanol–water partition coefficient (Wildman–Crippen LogP) is 3.32. The molecule has 0 saturated heterocycles. The summed E-state index contributed by atoms with van der Waals surface area (Å²) in [7, 11) is 0. The monoisotopic (exact) mass is 210 g/mol. The van der Waals surface area contributed by atoms with E-state index in [-0.39, 0.29) is 16.5 Å². The maximum Gasteiger partial charge on any atom is 0 e. The van der Waals surface area contributed by atoms with Gasteiger partial charge in [-0.3, -0.25) is 0 Å². The molecule has 0 aliphatic heterocycles. The second kappa shape index (κ2) is 3.01. The van der Waals surface area contributed by atoms with Gasteiger partial charge in [-0.2, -0.15) is 0 Å². The van der Waals surface area contributed by atoms with E-state index in [9.17, 15) is 0 Å². The van der Waals surface area contributed by atoms with Crippen LogP contribution in [0.5, 0.6) is 0 Å². The average Bonchev–Trinajstić information content (AvgIpc) is 2.52. The minimum absolute atomic E-state index is 0. The molecule has 0 radical (unpaired) electrons. The smallest absolute Gasteiger partial charge is 0 e. The molecule has 0 bridgehead atoms. The summed E-state index contributed by atoms with van der Waals surface area (Å²) in [6.45, 7) is 0. The van der Waals surface area contributed by atoms with Gasteiger partial charge in [0.1, 0.15) is 0 Å². The summed E-state index contributed by atoms with van der Waals surface area (Å²) in [5.74, 6) is 0. The zero-order chi connectivity index (χ0) is 7.97. The maximum atomic E-state index is 2.18. The fraction of sp³-hybridized carbons (Fsp3) is 0. The van der Waals surface area contributed by atoms with Crippen LogP contribution in [0.2, 0.25) is 0 Å². The van der Waals surface area contributed by atoms with E-state index >= 15 is 0 Å². The van der Waals surface area contributed by atoms with Crippen molar-refractivity contribution in [3.63, 3.8) is 0 Å². The molecule has 0 spiro atoms. The van der Waals surface area contributed by atoms with Crippen molar-refractivity contribution < 1.29 is 16.5 Å². The topological polar surface area (TPSA) is 0 Å². The van der Waals surface area contributed by atoms with E-state index in [1.54, 1.807) is 0 Å². The minimum Gasteiger partial charge on any atom is -0.0610 e. The summed E-state index contributed by atoms with van der Waals surface area (Å²) in [6.07, 6.45) is 4.36.